The normalized spacial score (nSPS) is 17.5. The first-order valence-electron chi connectivity index (χ1n) is 7.82. The van der Waals surface area contributed by atoms with Gasteiger partial charge in [0.05, 0.1) is 24.4 Å². The second kappa shape index (κ2) is 8.10. The number of benzene rings is 1. The van der Waals surface area contributed by atoms with Gasteiger partial charge in [-0.3, -0.25) is 9.36 Å². The van der Waals surface area contributed by atoms with E-state index in [1.807, 2.05) is 0 Å². The van der Waals surface area contributed by atoms with Gasteiger partial charge < -0.3 is 24.8 Å². The molecule has 2 rings (SSSR count). The zero-order valence-corrected chi connectivity index (χ0v) is 15.9. The van der Waals surface area contributed by atoms with Crippen molar-refractivity contribution in [1.29, 1.82) is 0 Å². The maximum Gasteiger partial charge on any atom is 0.357 e. The van der Waals surface area contributed by atoms with Crippen LogP contribution in [0.15, 0.2) is 30.0 Å². The molecule has 0 aromatic heterocycles. The monoisotopic (exact) mass is 384 g/mol. The maximum absolute atomic E-state index is 13.2. The van der Waals surface area contributed by atoms with Gasteiger partial charge in [-0.05, 0) is 45.1 Å². The summed E-state index contributed by atoms with van der Waals surface area (Å²) in [5, 5.41) is 15.8. The first kappa shape index (κ1) is 19.6. The van der Waals surface area contributed by atoms with Crippen molar-refractivity contribution in [2.75, 3.05) is 13.2 Å². The fourth-order valence-electron chi connectivity index (χ4n) is 2.44. The van der Waals surface area contributed by atoms with Gasteiger partial charge in [0.25, 0.3) is 0 Å². The molecule has 0 saturated carbocycles. The molecule has 1 unspecified atom stereocenters. The Morgan fingerprint density at radius 2 is 1.96 bits per heavy atom. The number of hydrogen-bond acceptors (Lipinski definition) is 6. The fraction of sp³-hybridized carbons (Fsp3) is 0.375. The number of rotatable bonds is 7. The minimum atomic E-state index is -3.70. The number of aromatic hydroxyl groups is 1. The summed E-state index contributed by atoms with van der Waals surface area (Å²) in [6, 6.07) is 4.70. The van der Waals surface area contributed by atoms with Crippen molar-refractivity contribution in [2.24, 2.45) is 0 Å². The summed E-state index contributed by atoms with van der Waals surface area (Å²) in [4.78, 5) is 13.0. The summed E-state index contributed by atoms with van der Waals surface area (Å²) in [6.45, 7) is 5.46. The number of aryl methyl sites for hydroxylation is 1. The summed E-state index contributed by atoms with van der Waals surface area (Å²) in [7, 11) is -3.70. The molecule has 0 radical (unpaired) electrons. The van der Waals surface area contributed by atoms with E-state index in [0.717, 1.165) is 5.56 Å². The number of Topliss-reactive ketones (excluding diaryl/α,β-unsaturated/α-hetero) is 1. The topological polar surface area (TPSA) is 96.9 Å². The lowest BCUT2D eigenvalue weighted by Crippen LogP contribution is -2.47. The van der Waals surface area contributed by atoms with E-state index in [2.05, 4.69) is 10.6 Å². The second-order valence-corrected chi connectivity index (χ2v) is 7.87. The Morgan fingerprint density at radius 3 is 2.56 bits per heavy atom. The molecule has 1 aliphatic heterocycles. The Labute approximate surface area is 151 Å². The van der Waals surface area contributed by atoms with Gasteiger partial charge in [-0.2, -0.15) is 0 Å². The molecule has 0 spiro atoms. The lowest BCUT2D eigenvalue weighted by Gasteiger charge is -2.32. The summed E-state index contributed by atoms with van der Waals surface area (Å²) in [5.74, 6) is -1.71. The first-order valence-corrected chi connectivity index (χ1v) is 9.84. The zero-order valence-electron chi connectivity index (χ0n) is 14.2. The summed E-state index contributed by atoms with van der Waals surface area (Å²) < 4.78 is 23.9. The molecule has 25 heavy (non-hydrogen) atoms. The van der Waals surface area contributed by atoms with E-state index < -0.39 is 19.2 Å². The number of hydrogen-bond donors (Lipinski definition) is 3. The predicted molar refractivity (Wildman–Crippen MR) is 98.8 cm³/mol. The third-order valence-electron chi connectivity index (χ3n) is 3.51. The average Bonchev–Trinajstić information content (AvgIpc) is 2.57. The van der Waals surface area contributed by atoms with Crippen molar-refractivity contribution in [1.82, 2.24) is 10.6 Å². The molecule has 1 heterocycles. The van der Waals surface area contributed by atoms with Crippen molar-refractivity contribution in [3.05, 3.63) is 41.1 Å². The maximum atomic E-state index is 13.2. The molecule has 0 bridgehead atoms. The van der Waals surface area contributed by atoms with Gasteiger partial charge >= 0.3 is 7.60 Å². The number of ketones is 1. The molecule has 0 amide bonds. The van der Waals surface area contributed by atoms with Crippen molar-refractivity contribution >= 4 is 30.7 Å². The molecule has 0 saturated heterocycles. The van der Waals surface area contributed by atoms with Crippen molar-refractivity contribution in [3.8, 4) is 5.75 Å². The van der Waals surface area contributed by atoms with Crippen molar-refractivity contribution in [2.45, 2.75) is 26.6 Å². The lowest BCUT2D eigenvalue weighted by molar-refractivity contribution is 0.102. The lowest BCUT2D eigenvalue weighted by atomic mass is 10.0. The molecule has 1 aromatic carbocycles. The smallest absolute Gasteiger partial charge is 0.357 e. The summed E-state index contributed by atoms with van der Waals surface area (Å²) >= 11 is 5.06. The molecule has 0 aliphatic carbocycles. The van der Waals surface area contributed by atoms with E-state index in [4.69, 9.17) is 21.3 Å². The van der Waals surface area contributed by atoms with Crippen LogP contribution in [-0.4, -0.2) is 35.0 Å². The highest BCUT2D eigenvalue weighted by Gasteiger charge is 2.43. The number of thiocarbonyl (C=S) groups is 1. The summed E-state index contributed by atoms with van der Waals surface area (Å²) in [5.41, 5.74) is 1.02. The van der Waals surface area contributed by atoms with E-state index in [1.54, 1.807) is 32.9 Å². The number of nitrogens with one attached hydrogen (secondary N) is 2. The van der Waals surface area contributed by atoms with Crippen LogP contribution in [0.4, 0.5) is 0 Å². The van der Waals surface area contributed by atoms with Gasteiger partial charge in [-0.25, -0.2) is 0 Å². The fourth-order valence-corrected chi connectivity index (χ4v) is 4.61. The van der Waals surface area contributed by atoms with E-state index in [9.17, 15) is 14.5 Å². The molecular weight excluding hydrogens is 363 g/mol. The number of carbonyl (C=O) groups excluding carboxylic acids is 1. The highest BCUT2D eigenvalue weighted by atomic mass is 32.1. The Hall–Kier alpha value is -1.73. The van der Waals surface area contributed by atoms with Crippen LogP contribution in [0.25, 0.3) is 0 Å². The molecule has 0 fully saturated rings. The van der Waals surface area contributed by atoms with Gasteiger partial charge in [-0.15, -0.1) is 0 Å². The minimum Gasteiger partial charge on any atom is -0.507 e. The quantitative estimate of drug-likeness (QED) is 0.375. The van der Waals surface area contributed by atoms with Crippen LogP contribution in [0, 0.1) is 6.92 Å². The number of carbonyl (C=O) groups is 1. The third kappa shape index (κ3) is 4.27. The van der Waals surface area contributed by atoms with Crippen LogP contribution in [0.1, 0.15) is 29.8 Å². The number of phenolic OH excluding ortho intramolecular Hbond substituents is 1. The van der Waals surface area contributed by atoms with E-state index in [1.165, 1.54) is 12.3 Å². The highest BCUT2D eigenvalue weighted by molar-refractivity contribution is 7.80. The third-order valence-corrected chi connectivity index (χ3v) is 6.03. The molecule has 136 valence electrons. The molecule has 1 aromatic rings. The Kier molecular flexibility index (Phi) is 6.35. The zero-order chi connectivity index (χ0) is 18.6. The largest absolute Gasteiger partial charge is 0.507 e. The second-order valence-electron chi connectivity index (χ2n) is 5.35. The number of phenols is 1. The first-order chi connectivity index (χ1) is 11.8. The SMILES string of the molecule is CCOP(=O)(OCC)C1NC(=S)NC=C1C(=O)c1cc(C)ccc1O. The minimum absolute atomic E-state index is 0.104. The van der Waals surface area contributed by atoms with Crippen LogP contribution in [0.2, 0.25) is 0 Å². The Morgan fingerprint density at radius 1 is 1.32 bits per heavy atom. The van der Waals surface area contributed by atoms with Gasteiger partial charge in [0.2, 0.25) is 0 Å². The van der Waals surface area contributed by atoms with Crippen LogP contribution in [-0.2, 0) is 13.6 Å². The molecule has 3 N–H and O–H groups in total. The molecule has 7 nitrogen and oxygen atoms in total. The van der Waals surface area contributed by atoms with Crippen molar-refractivity contribution < 1.29 is 23.5 Å². The molecular formula is C16H21N2O5PS. The van der Waals surface area contributed by atoms with Crippen molar-refractivity contribution in [3.63, 3.8) is 0 Å². The van der Waals surface area contributed by atoms with Crippen LogP contribution >= 0.6 is 19.8 Å². The van der Waals surface area contributed by atoms with E-state index in [-0.39, 0.29) is 35.2 Å². The average molecular weight is 384 g/mol. The van der Waals surface area contributed by atoms with Gasteiger partial charge in [0.15, 0.2) is 16.7 Å². The highest BCUT2D eigenvalue weighted by Crippen LogP contribution is 2.55. The van der Waals surface area contributed by atoms with Gasteiger partial charge in [0, 0.05) is 6.20 Å². The summed E-state index contributed by atoms with van der Waals surface area (Å²) in [6.07, 6.45) is 1.37. The van der Waals surface area contributed by atoms with Gasteiger partial charge in [0.1, 0.15) is 5.75 Å². The van der Waals surface area contributed by atoms with Crippen LogP contribution in [0.5, 0.6) is 5.75 Å². The van der Waals surface area contributed by atoms with Gasteiger partial charge in [-0.1, -0.05) is 11.6 Å². The van der Waals surface area contributed by atoms with Crippen LogP contribution < -0.4 is 10.6 Å². The Bertz CT molecular complexity index is 755. The Balaban J connectivity index is 2.48. The molecule has 1 aliphatic rings. The van der Waals surface area contributed by atoms with Crippen LogP contribution in [0.3, 0.4) is 0 Å². The van der Waals surface area contributed by atoms with E-state index in [0.29, 0.717) is 0 Å². The standard InChI is InChI=1S/C16H21N2O5PS/c1-4-22-24(21,23-5-2)15-12(9-17-16(25)18-15)14(20)11-8-10(3)6-7-13(11)19/h6-9,15,19H,4-5H2,1-3H3,(H2,17,18,25). The molecule has 1 atom stereocenters. The van der Waals surface area contributed by atoms with E-state index >= 15 is 0 Å². The molecule has 9 heteroatoms. The predicted octanol–water partition coefficient (Wildman–Crippen LogP) is 2.84.